The molecule has 190 valence electrons. The molecule has 0 saturated heterocycles. The molecule has 1 unspecified atom stereocenters. The van der Waals surface area contributed by atoms with Gasteiger partial charge in [0.05, 0.1) is 22.9 Å². The Hall–Kier alpha value is -3.97. The highest BCUT2D eigenvalue weighted by Gasteiger charge is 2.38. The van der Waals surface area contributed by atoms with Gasteiger partial charge in [-0.1, -0.05) is 12.1 Å². The maximum atomic E-state index is 12.3. The fourth-order valence-corrected chi connectivity index (χ4v) is 2.64. The topological polar surface area (TPSA) is 203 Å². The third-order valence-corrected chi connectivity index (χ3v) is 4.54. The number of carboxylic acid groups (broad SMARTS) is 1. The number of benzene rings is 2. The van der Waals surface area contributed by atoms with E-state index in [1.165, 1.54) is 48.2 Å². The fourth-order valence-electron chi connectivity index (χ4n) is 2.64. The number of esters is 1. The average Bonchev–Trinajstić information content (AvgIpc) is 2.72. The highest BCUT2D eigenvalue weighted by Crippen LogP contribution is 2.30. The summed E-state index contributed by atoms with van der Waals surface area (Å²) >= 11 is 0. The zero-order valence-electron chi connectivity index (χ0n) is 19.6. The predicted octanol–water partition coefficient (Wildman–Crippen LogP) is 1.14. The van der Waals surface area contributed by atoms with Crippen molar-refractivity contribution in [2.75, 3.05) is 20.4 Å². The lowest BCUT2D eigenvalue weighted by molar-refractivity contribution is -0.147. The summed E-state index contributed by atoms with van der Waals surface area (Å²) in [6, 6.07) is 12.2. The molecule has 12 nitrogen and oxygen atoms in total. The summed E-state index contributed by atoms with van der Waals surface area (Å²) in [5.41, 5.74) is 10.4. The van der Waals surface area contributed by atoms with Crippen LogP contribution in [0.25, 0.3) is 0 Å². The Balaban J connectivity index is 0.00000111. The summed E-state index contributed by atoms with van der Waals surface area (Å²) in [6.45, 7) is 1.48. The number of carboxylic acids is 1. The van der Waals surface area contributed by atoms with E-state index in [1.807, 2.05) is 0 Å². The second-order valence-electron chi connectivity index (χ2n) is 7.83. The smallest absolute Gasteiger partial charge is 0.343 e. The third kappa shape index (κ3) is 9.81. The number of nitrogens with two attached hydrogens (primary N) is 2. The van der Waals surface area contributed by atoms with E-state index in [4.69, 9.17) is 20.8 Å². The lowest BCUT2D eigenvalue weighted by Crippen LogP contribution is -2.38. The highest BCUT2D eigenvalue weighted by molar-refractivity contribution is 7.85. The van der Waals surface area contributed by atoms with Crippen LogP contribution in [0.15, 0.2) is 53.5 Å². The van der Waals surface area contributed by atoms with Crippen molar-refractivity contribution in [1.29, 1.82) is 0 Å². The average molecular weight is 509 g/mol. The van der Waals surface area contributed by atoms with Crippen LogP contribution < -0.4 is 16.2 Å². The van der Waals surface area contributed by atoms with Gasteiger partial charge >= 0.3 is 11.9 Å². The standard InChI is InChI=1S/C21H24N4O5.CH4O3S/c1-21(19(28)29,12-17(26)25(2)3)14-6-10-16(11-7-14)30-18(27)13-4-8-15(9-5-13)24-20(22)23;1-5(2,3)4/h4-11H,12H2,1-3H3,(H,28,29)(H4,22,23,24);1H3,(H,2,3,4). The van der Waals surface area contributed by atoms with Gasteiger partial charge in [0.25, 0.3) is 10.1 Å². The van der Waals surface area contributed by atoms with Crippen molar-refractivity contribution < 1.29 is 37.2 Å². The summed E-state index contributed by atoms with van der Waals surface area (Å²) < 4.78 is 31.2. The number of carbonyl (C=O) groups is 3. The van der Waals surface area contributed by atoms with Gasteiger partial charge in [0, 0.05) is 20.5 Å². The Morgan fingerprint density at radius 3 is 1.91 bits per heavy atom. The minimum Gasteiger partial charge on any atom is -0.481 e. The van der Waals surface area contributed by atoms with E-state index in [9.17, 15) is 27.9 Å². The van der Waals surface area contributed by atoms with Gasteiger partial charge in [-0.2, -0.15) is 8.42 Å². The van der Waals surface area contributed by atoms with Crippen LogP contribution in [0.2, 0.25) is 0 Å². The van der Waals surface area contributed by atoms with Crippen molar-refractivity contribution >= 4 is 39.6 Å². The van der Waals surface area contributed by atoms with Crippen LogP contribution in [0.4, 0.5) is 5.69 Å². The second kappa shape index (κ2) is 11.9. The Bertz CT molecular complexity index is 1180. The zero-order chi connectivity index (χ0) is 27.0. The molecule has 35 heavy (non-hydrogen) atoms. The number of aliphatic imine (C=N–C) groups is 1. The lowest BCUT2D eigenvalue weighted by atomic mass is 9.79. The molecule has 0 aliphatic rings. The zero-order valence-corrected chi connectivity index (χ0v) is 20.4. The van der Waals surface area contributed by atoms with Crippen LogP contribution >= 0.6 is 0 Å². The minimum atomic E-state index is -3.67. The van der Waals surface area contributed by atoms with Crippen molar-refractivity contribution in [2.45, 2.75) is 18.8 Å². The number of amides is 1. The summed E-state index contributed by atoms with van der Waals surface area (Å²) in [5, 5.41) is 9.68. The van der Waals surface area contributed by atoms with Gasteiger partial charge in [0.2, 0.25) is 5.91 Å². The normalized spacial score (nSPS) is 12.3. The first-order chi connectivity index (χ1) is 16.0. The molecule has 2 aromatic carbocycles. The molecule has 0 heterocycles. The summed E-state index contributed by atoms with van der Waals surface area (Å²) in [7, 11) is -0.534. The summed E-state index contributed by atoms with van der Waals surface area (Å²) in [4.78, 5) is 41.4. The minimum absolute atomic E-state index is 0.0916. The van der Waals surface area contributed by atoms with Crippen molar-refractivity contribution in [3.05, 3.63) is 59.7 Å². The van der Waals surface area contributed by atoms with E-state index >= 15 is 0 Å². The van der Waals surface area contributed by atoms with Gasteiger partial charge in [0.1, 0.15) is 5.75 Å². The maximum Gasteiger partial charge on any atom is 0.343 e. The highest BCUT2D eigenvalue weighted by atomic mass is 32.2. The van der Waals surface area contributed by atoms with Crippen LogP contribution in [0, 0.1) is 0 Å². The number of carbonyl (C=O) groups excluding carboxylic acids is 2. The van der Waals surface area contributed by atoms with E-state index in [2.05, 4.69) is 4.99 Å². The lowest BCUT2D eigenvalue weighted by Gasteiger charge is -2.26. The van der Waals surface area contributed by atoms with Gasteiger partial charge in [-0.3, -0.25) is 14.1 Å². The molecule has 2 rings (SSSR count). The molecule has 2 aromatic rings. The number of rotatable bonds is 7. The maximum absolute atomic E-state index is 12.3. The van der Waals surface area contributed by atoms with Gasteiger partial charge in [0.15, 0.2) is 5.96 Å². The van der Waals surface area contributed by atoms with Crippen LogP contribution in [-0.4, -0.2) is 67.1 Å². The number of ether oxygens (including phenoxy) is 1. The second-order valence-corrected chi connectivity index (χ2v) is 9.30. The molecular weight excluding hydrogens is 480 g/mol. The summed E-state index contributed by atoms with van der Waals surface area (Å²) in [6.07, 6.45) is 0.517. The summed E-state index contributed by atoms with van der Waals surface area (Å²) in [5.74, 6) is -1.87. The van der Waals surface area contributed by atoms with E-state index in [-0.39, 0.29) is 24.0 Å². The SMILES string of the molecule is CN(C)C(=O)CC(C)(C(=O)O)c1ccc(OC(=O)c2ccc(N=C(N)N)cc2)cc1.CS(=O)(=O)O. The van der Waals surface area contributed by atoms with Crippen LogP contribution in [0.5, 0.6) is 5.75 Å². The molecule has 0 spiro atoms. The van der Waals surface area contributed by atoms with Crippen LogP contribution in [0.3, 0.4) is 0 Å². The Morgan fingerprint density at radius 1 is 1.03 bits per heavy atom. The van der Waals surface area contributed by atoms with E-state index in [1.54, 1.807) is 26.2 Å². The Kier molecular flexibility index (Phi) is 9.92. The molecular formula is C22H28N4O8S. The van der Waals surface area contributed by atoms with Gasteiger partial charge in [-0.25, -0.2) is 9.79 Å². The molecule has 1 amide bonds. The molecule has 0 aliphatic carbocycles. The van der Waals surface area contributed by atoms with Gasteiger partial charge in [-0.05, 0) is 48.9 Å². The first-order valence-corrected chi connectivity index (χ1v) is 11.8. The number of guanidine groups is 1. The molecule has 0 aromatic heterocycles. The third-order valence-electron chi connectivity index (χ3n) is 4.54. The molecule has 0 bridgehead atoms. The first-order valence-electron chi connectivity index (χ1n) is 9.91. The molecule has 6 N–H and O–H groups in total. The van der Waals surface area contributed by atoms with Gasteiger partial charge in [-0.15, -0.1) is 0 Å². The Morgan fingerprint density at radius 2 is 1.51 bits per heavy atom. The monoisotopic (exact) mass is 508 g/mol. The predicted molar refractivity (Wildman–Crippen MR) is 129 cm³/mol. The fraction of sp³-hybridized carbons (Fsp3) is 0.273. The van der Waals surface area contributed by atoms with E-state index in [0.29, 0.717) is 23.1 Å². The van der Waals surface area contributed by atoms with Crippen molar-refractivity contribution in [2.24, 2.45) is 16.5 Å². The first kappa shape index (κ1) is 29.1. The van der Waals surface area contributed by atoms with Crippen LogP contribution in [0.1, 0.15) is 29.3 Å². The molecule has 0 saturated carbocycles. The molecule has 13 heteroatoms. The Labute approximate surface area is 202 Å². The van der Waals surface area contributed by atoms with Crippen molar-refractivity contribution in [3.63, 3.8) is 0 Å². The van der Waals surface area contributed by atoms with Gasteiger partial charge < -0.3 is 26.2 Å². The quantitative estimate of drug-likeness (QED) is 0.138. The molecule has 0 fully saturated rings. The molecule has 0 radical (unpaired) electrons. The van der Waals surface area contributed by atoms with E-state index in [0.717, 1.165) is 0 Å². The number of nitrogens with zero attached hydrogens (tertiary/aromatic N) is 2. The largest absolute Gasteiger partial charge is 0.481 e. The van der Waals surface area contributed by atoms with E-state index < -0.39 is 27.5 Å². The van der Waals surface area contributed by atoms with Crippen molar-refractivity contribution in [3.8, 4) is 5.75 Å². The molecule has 0 aliphatic heterocycles. The van der Waals surface area contributed by atoms with Crippen molar-refractivity contribution in [1.82, 2.24) is 4.90 Å². The van der Waals surface area contributed by atoms with Crippen LogP contribution in [-0.2, 0) is 25.1 Å². The number of hydrogen-bond acceptors (Lipinski definition) is 7. The molecule has 1 atom stereocenters. The number of aliphatic carboxylic acids is 1. The number of hydrogen-bond donors (Lipinski definition) is 4.